The quantitative estimate of drug-likeness (QED) is 0.725. The fourth-order valence-electron chi connectivity index (χ4n) is 1.73. The van der Waals surface area contributed by atoms with Crippen molar-refractivity contribution in [2.75, 3.05) is 6.54 Å². The van der Waals surface area contributed by atoms with Gasteiger partial charge in [0.15, 0.2) is 0 Å². The van der Waals surface area contributed by atoms with E-state index in [1.54, 1.807) is 11.3 Å². The Labute approximate surface area is 106 Å². The number of hydrogen-bond acceptors (Lipinski definition) is 3. The molecule has 2 nitrogen and oxygen atoms in total. The number of hydrogen-bond donors (Lipinski definition) is 0. The Bertz CT molecular complexity index is 437. The van der Waals surface area contributed by atoms with Crippen LogP contribution in [0.1, 0.15) is 11.3 Å². The van der Waals surface area contributed by atoms with E-state index in [0.717, 1.165) is 25.3 Å². The Kier molecular flexibility index (Phi) is 4.47. The van der Waals surface area contributed by atoms with Gasteiger partial charge in [0.1, 0.15) is 0 Å². The first-order valence-electron chi connectivity index (χ1n) is 5.62. The van der Waals surface area contributed by atoms with Crippen LogP contribution in [0.4, 0.5) is 0 Å². The van der Waals surface area contributed by atoms with E-state index in [1.807, 2.05) is 24.4 Å². The second-order valence-corrected chi connectivity index (χ2v) is 4.69. The molecule has 0 aliphatic rings. The molecule has 0 saturated carbocycles. The molecule has 0 bridgehead atoms. The van der Waals surface area contributed by atoms with Crippen molar-refractivity contribution in [3.05, 3.63) is 65.1 Å². The molecule has 0 aliphatic heterocycles. The van der Waals surface area contributed by atoms with Crippen molar-refractivity contribution in [2.45, 2.75) is 13.1 Å². The SMILES string of the molecule is C=CCN(Cc1ccsc1)Cc1ccccn1. The van der Waals surface area contributed by atoms with Gasteiger partial charge in [0.2, 0.25) is 0 Å². The summed E-state index contributed by atoms with van der Waals surface area (Å²) in [5.74, 6) is 0. The third-order valence-corrected chi connectivity index (χ3v) is 3.22. The Morgan fingerprint density at radius 2 is 2.24 bits per heavy atom. The minimum absolute atomic E-state index is 0.864. The molecule has 0 saturated heterocycles. The van der Waals surface area contributed by atoms with E-state index in [0.29, 0.717) is 0 Å². The van der Waals surface area contributed by atoms with E-state index >= 15 is 0 Å². The summed E-state index contributed by atoms with van der Waals surface area (Å²) in [7, 11) is 0. The molecular weight excluding hydrogens is 228 g/mol. The van der Waals surface area contributed by atoms with Crippen molar-refractivity contribution in [3.63, 3.8) is 0 Å². The molecule has 0 aromatic carbocycles. The minimum Gasteiger partial charge on any atom is -0.290 e. The van der Waals surface area contributed by atoms with E-state index in [9.17, 15) is 0 Å². The summed E-state index contributed by atoms with van der Waals surface area (Å²) in [5, 5.41) is 4.30. The Morgan fingerprint density at radius 3 is 2.88 bits per heavy atom. The summed E-state index contributed by atoms with van der Waals surface area (Å²) in [6.45, 7) is 6.51. The number of pyridine rings is 1. The molecule has 0 fully saturated rings. The number of rotatable bonds is 6. The van der Waals surface area contributed by atoms with Gasteiger partial charge in [0.25, 0.3) is 0 Å². The highest BCUT2D eigenvalue weighted by molar-refractivity contribution is 7.07. The van der Waals surface area contributed by atoms with Crippen molar-refractivity contribution in [1.29, 1.82) is 0 Å². The third-order valence-electron chi connectivity index (χ3n) is 2.49. The molecule has 2 aromatic rings. The summed E-state index contributed by atoms with van der Waals surface area (Å²) >= 11 is 1.74. The molecule has 2 aromatic heterocycles. The third kappa shape index (κ3) is 3.80. The van der Waals surface area contributed by atoms with E-state index in [1.165, 1.54) is 5.56 Å². The Morgan fingerprint density at radius 1 is 1.29 bits per heavy atom. The van der Waals surface area contributed by atoms with Gasteiger partial charge in [-0.15, -0.1) is 6.58 Å². The van der Waals surface area contributed by atoms with Gasteiger partial charge in [0, 0.05) is 25.8 Å². The van der Waals surface area contributed by atoms with Crippen LogP contribution >= 0.6 is 11.3 Å². The lowest BCUT2D eigenvalue weighted by atomic mass is 10.2. The lowest BCUT2D eigenvalue weighted by molar-refractivity contribution is 0.283. The van der Waals surface area contributed by atoms with Gasteiger partial charge >= 0.3 is 0 Å². The fraction of sp³-hybridized carbons (Fsp3) is 0.214. The van der Waals surface area contributed by atoms with E-state index in [2.05, 4.69) is 39.4 Å². The van der Waals surface area contributed by atoms with Crippen molar-refractivity contribution in [1.82, 2.24) is 9.88 Å². The van der Waals surface area contributed by atoms with Crippen molar-refractivity contribution in [2.24, 2.45) is 0 Å². The average molecular weight is 244 g/mol. The van der Waals surface area contributed by atoms with Gasteiger partial charge < -0.3 is 0 Å². The molecule has 0 unspecified atom stereocenters. The predicted molar refractivity (Wildman–Crippen MR) is 72.9 cm³/mol. The summed E-state index contributed by atoms with van der Waals surface area (Å²) in [6, 6.07) is 8.20. The smallest absolute Gasteiger partial charge is 0.0544 e. The van der Waals surface area contributed by atoms with Crippen LogP contribution in [0.5, 0.6) is 0 Å². The monoisotopic (exact) mass is 244 g/mol. The number of thiophene rings is 1. The number of aromatic nitrogens is 1. The molecule has 3 heteroatoms. The molecule has 2 rings (SSSR count). The normalized spacial score (nSPS) is 10.6. The molecule has 0 atom stereocenters. The molecule has 2 heterocycles. The minimum atomic E-state index is 0.864. The van der Waals surface area contributed by atoms with E-state index in [4.69, 9.17) is 0 Å². The largest absolute Gasteiger partial charge is 0.290 e. The molecule has 0 aliphatic carbocycles. The highest BCUT2D eigenvalue weighted by atomic mass is 32.1. The number of nitrogens with zero attached hydrogens (tertiary/aromatic N) is 2. The van der Waals surface area contributed by atoms with Gasteiger partial charge in [-0.1, -0.05) is 12.1 Å². The molecule has 88 valence electrons. The topological polar surface area (TPSA) is 16.1 Å². The first-order valence-corrected chi connectivity index (χ1v) is 6.57. The highest BCUT2D eigenvalue weighted by Gasteiger charge is 2.06. The van der Waals surface area contributed by atoms with Gasteiger partial charge in [-0.3, -0.25) is 9.88 Å². The van der Waals surface area contributed by atoms with Crippen LogP contribution in [0.2, 0.25) is 0 Å². The molecule has 0 N–H and O–H groups in total. The molecule has 0 spiro atoms. The Hall–Kier alpha value is -1.45. The molecule has 17 heavy (non-hydrogen) atoms. The first-order chi connectivity index (χ1) is 8.38. The van der Waals surface area contributed by atoms with E-state index < -0.39 is 0 Å². The lowest BCUT2D eigenvalue weighted by Crippen LogP contribution is -2.23. The maximum absolute atomic E-state index is 4.36. The van der Waals surface area contributed by atoms with Gasteiger partial charge in [-0.05, 0) is 34.5 Å². The second kappa shape index (κ2) is 6.33. The molecule has 0 amide bonds. The highest BCUT2D eigenvalue weighted by Crippen LogP contribution is 2.11. The zero-order chi connectivity index (χ0) is 11.9. The van der Waals surface area contributed by atoms with E-state index in [-0.39, 0.29) is 0 Å². The standard InChI is InChI=1S/C14H16N2S/c1-2-8-16(10-13-6-9-17-12-13)11-14-5-3-4-7-15-14/h2-7,9,12H,1,8,10-11H2. The lowest BCUT2D eigenvalue weighted by Gasteiger charge is -2.19. The van der Waals surface area contributed by atoms with Crippen molar-refractivity contribution < 1.29 is 0 Å². The zero-order valence-electron chi connectivity index (χ0n) is 9.75. The van der Waals surface area contributed by atoms with Crippen LogP contribution in [-0.4, -0.2) is 16.4 Å². The first kappa shape index (κ1) is 12.0. The molecule has 0 radical (unpaired) electrons. The van der Waals surface area contributed by atoms with Crippen molar-refractivity contribution in [3.8, 4) is 0 Å². The van der Waals surface area contributed by atoms with Crippen molar-refractivity contribution >= 4 is 11.3 Å². The summed E-state index contributed by atoms with van der Waals surface area (Å²) in [6.07, 6.45) is 3.78. The maximum atomic E-state index is 4.36. The van der Waals surface area contributed by atoms with Crippen LogP contribution in [0.3, 0.4) is 0 Å². The van der Waals surface area contributed by atoms with Gasteiger partial charge in [-0.25, -0.2) is 0 Å². The Balaban J connectivity index is 2.00. The maximum Gasteiger partial charge on any atom is 0.0544 e. The fourth-order valence-corrected chi connectivity index (χ4v) is 2.39. The van der Waals surface area contributed by atoms with Crippen LogP contribution in [0, 0.1) is 0 Å². The van der Waals surface area contributed by atoms with Crippen LogP contribution < -0.4 is 0 Å². The van der Waals surface area contributed by atoms with Gasteiger partial charge in [0.05, 0.1) is 5.69 Å². The molecular formula is C14H16N2S. The van der Waals surface area contributed by atoms with Gasteiger partial charge in [-0.2, -0.15) is 11.3 Å². The predicted octanol–water partition coefficient (Wildman–Crippen LogP) is 3.33. The second-order valence-electron chi connectivity index (χ2n) is 3.91. The van der Waals surface area contributed by atoms with Crippen LogP contribution in [-0.2, 0) is 13.1 Å². The zero-order valence-corrected chi connectivity index (χ0v) is 10.6. The average Bonchev–Trinajstić information content (AvgIpc) is 2.83. The van der Waals surface area contributed by atoms with Crippen LogP contribution in [0.15, 0.2) is 53.9 Å². The summed E-state index contributed by atoms with van der Waals surface area (Å²) < 4.78 is 0. The summed E-state index contributed by atoms with van der Waals surface area (Å²) in [4.78, 5) is 6.69. The van der Waals surface area contributed by atoms with Crippen LogP contribution in [0.25, 0.3) is 0 Å². The summed E-state index contributed by atoms with van der Waals surface area (Å²) in [5.41, 5.74) is 2.46.